The second-order valence-electron chi connectivity index (χ2n) is 3.79. The van der Waals surface area contributed by atoms with Gasteiger partial charge in [-0.2, -0.15) is 0 Å². The van der Waals surface area contributed by atoms with Crippen molar-refractivity contribution in [2.24, 2.45) is 5.41 Å². The molecule has 0 aromatic rings. The molecule has 0 N–H and O–H groups in total. The van der Waals surface area contributed by atoms with Crippen LogP contribution in [0.4, 0.5) is 4.79 Å². The maximum Gasteiger partial charge on any atom is 0.409 e. The van der Waals surface area contributed by atoms with E-state index in [1.807, 2.05) is 0 Å². The van der Waals surface area contributed by atoms with Crippen LogP contribution in [-0.2, 0) is 4.74 Å². The molecule has 0 aromatic heterocycles. The minimum Gasteiger partial charge on any atom is -0.453 e. The van der Waals surface area contributed by atoms with E-state index < -0.39 is 0 Å². The van der Waals surface area contributed by atoms with Gasteiger partial charge in [0.25, 0.3) is 0 Å². The molecule has 1 unspecified atom stereocenters. The van der Waals surface area contributed by atoms with E-state index in [-0.39, 0.29) is 6.09 Å². The van der Waals surface area contributed by atoms with E-state index in [0.29, 0.717) is 11.5 Å². The van der Waals surface area contributed by atoms with Crippen LogP contribution in [0, 0.1) is 5.41 Å². The summed E-state index contributed by atoms with van der Waals surface area (Å²) in [4.78, 5) is 12.7. The largest absolute Gasteiger partial charge is 0.453 e. The highest BCUT2D eigenvalue weighted by atomic mass is 16.5. The molecule has 3 nitrogen and oxygen atoms in total. The van der Waals surface area contributed by atoms with Crippen LogP contribution >= 0.6 is 0 Å². The lowest BCUT2D eigenvalue weighted by Gasteiger charge is -2.16. The Bertz CT molecular complexity index is 177. The number of nitrogens with zero attached hydrogens (tertiary/aromatic N) is 1. The summed E-state index contributed by atoms with van der Waals surface area (Å²) in [6.07, 6.45) is 0.846. The lowest BCUT2D eigenvalue weighted by Crippen LogP contribution is -2.30. The van der Waals surface area contributed by atoms with Gasteiger partial charge in [0.2, 0.25) is 0 Å². The SMILES string of the molecule is COC(=O)N(C)C1CC1(C)C. The third-order valence-corrected chi connectivity index (χ3v) is 2.39. The third kappa shape index (κ3) is 1.47. The molecule has 0 aliphatic heterocycles. The molecule has 1 aliphatic rings. The molecule has 1 fully saturated rings. The lowest BCUT2D eigenvalue weighted by atomic mass is 10.2. The highest BCUT2D eigenvalue weighted by Crippen LogP contribution is 2.48. The number of amides is 1. The van der Waals surface area contributed by atoms with Crippen molar-refractivity contribution in [1.29, 1.82) is 0 Å². The normalized spacial score (nSPS) is 26.0. The van der Waals surface area contributed by atoms with Crippen LogP contribution in [0.3, 0.4) is 0 Å². The van der Waals surface area contributed by atoms with E-state index >= 15 is 0 Å². The van der Waals surface area contributed by atoms with Crippen LogP contribution in [0.1, 0.15) is 20.3 Å². The van der Waals surface area contributed by atoms with Crippen molar-refractivity contribution in [3.63, 3.8) is 0 Å². The first-order valence-corrected chi connectivity index (χ1v) is 3.80. The first kappa shape index (κ1) is 8.37. The Morgan fingerprint density at radius 1 is 1.64 bits per heavy atom. The molecule has 0 spiro atoms. The van der Waals surface area contributed by atoms with E-state index in [1.165, 1.54) is 7.11 Å². The highest BCUT2D eigenvalue weighted by Gasteiger charge is 2.50. The van der Waals surface area contributed by atoms with Crippen LogP contribution in [-0.4, -0.2) is 31.2 Å². The molecule has 1 saturated carbocycles. The molecule has 1 aliphatic carbocycles. The van der Waals surface area contributed by atoms with Gasteiger partial charge in [-0.05, 0) is 11.8 Å². The van der Waals surface area contributed by atoms with Gasteiger partial charge in [0.15, 0.2) is 0 Å². The van der Waals surface area contributed by atoms with Crippen molar-refractivity contribution in [2.75, 3.05) is 14.2 Å². The summed E-state index contributed by atoms with van der Waals surface area (Å²) in [7, 11) is 3.19. The third-order valence-electron chi connectivity index (χ3n) is 2.39. The Labute approximate surface area is 67.3 Å². The molecular weight excluding hydrogens is 142 g/mol. The van der Waals surface area contributed by atoms with Gasteiger partial charge in [0.05, 0.1) is 7.11 Å². The number of hydrogen-bond acceptors (Lipinski definition) is 2. The van der Waals surface area contributed by atoms with Gasteiger partial charge in [-0.3, -0.25) is 0 Å². The number of methoxy groups -OCH3 is 1. The quantitative estimate of drug-likeness (QED) is 0.577. The van der Waals surface area contributed by atoms with Gasteiger partial charge in [-0.25, -0.2) is 4.79 Å². The van der Waals surface area contributed by atoms with Crippen molar-refractivity contribution in [1.82, 2.24) is 4.90 Å². The number of rotatable bonds is 1. The van der Waals surface area contributed by atoms with E-state index in [2.05, 4.69) is 18.6 Å². The molecule has 1 atom stereocenters. The zero-order valence-electron chi connectivity index (χ0n) is 7.55. The van der Waals surface area contributed by atoms with Crippen LogP contribution in [0.2, 0.25) is 0 Å². The van der Waals surface area contributed by atoms with Crippen LogP contribution < -0.4 is 0 Å². The van der Waals surface area contributed by atoms with Crippen molar-refractivity contribution in [3.8, 4) is 0 Å². The van der Waals surface area contributed by atoms with Crippen molar-refractivity contribution >= 4 is 6.09 Å². The summed E-state index contributed by atoms with van der Waals surface area (Å²) >= 11 is 0. The molecule has 1 rings (SSSR count). The summed E-state index contributed by atoms with van der Waals surface area (Å²) in [6.45, 7) is 4.30. The van der Waals surface area contributed by atoms with Crippen LogP contribution in [0.5, 0.6) is 0 Å². The average molecular weight is 157 g/mol. The standard InChI is InChI=1S/C8H15NO2/c1-8(2)5-6(8)9(3)7(10)11-4/h6H,5H2,1-4H3. The Morgan fingerprint density at radius 3 is 2.36 bits per heavy atom. The fourth-order valence-corrected chi connectivity index (χ4v) is 1.37. The van der Waals surface area contributed by atoms with Crippen LogP contribution in [0.25, 0.3) is 0 Å². The van der Waals surface area contributed by atoms with Gasteiger partial charge < -0.3 is 9.64 Å². The van der Waals surface area contributed by atoms with E-state index in [0.717, 1.165) is 6.42 Å². The molecule has 0 radical (unpaired) electrons. The second-order valence-corrected chi connectivity index (χ2v) is 3.79. The van der Waals surface area contributed by atoms with Gasteiger partial charge >= 0.3 is 6.09 Å². The highest BCUT2D eigenvalue weighted by molar-refractivity contribution is 5.68. The van der Waals surface area contributed by atoms with Crippen molar-refractivity contribution in [2.45, 2.75) is 26.3 Å². The summed E-state index contributed by atoms with van der Waals surface area (Å²) in [5.41, 5.74) is 0.295. The summed E-state index contributed by atoms with van der Waals surface area (Å²) < 4.78 is 4.59. The minimum absolute atomic E-state index is 0.236. The topological polar surface area (TPSA) is 29.5 Å². The summed E-state index contributed by atoms with van der Waals surface area (Å²) in [5.74, 6) is 0. The Hall–Kier alpha value is -0.730. The van der Waals surface area contributed by atoms with Crippen LogP contribution in [0.15, 0.2) is 0 Å². The average Bonchev–Trinajstić information content (AvgIpc) is 2.56. The molecule has 11 heavy (non-hydrogen) atoms. The predicted octanol–water partition coefficient (Wildman–Crippen LogP) is 1.48. The monoisotopic (exact) mass is 157 g/mol. The first-order valence-electron chi connectivity index (χ1n) is 3.80. The smallest absolute Gasteiger partial charge is 0.409 e. The van der Waals surface area contributed by atoms with Gasteiger partial charge in [-0.1, -0.05) is 13.8 Å². The molecule has 0 bridgehead atoms. The number of carbonyl (C=O) groups is 1. The van der Waals surface area contributed by atoms with Gasteiger partial charge in [-0.15, -0.1) is 0 Å². The fraction of sp³-hybridized carbons (Fsp3) is 0.875. The molecule has 64 valence electrons. The zero-order valence-corrected chi connectivity index (χ0v) is 7.55. The molecule has 0 saturated heterocycles. The van der Waals surface area contributed by atoms with E-state index in [9.17, 15) is 4.79 Å². The van der Waals surface area contributed by atoms with Gasteiger partial charge in [0.1, 0.15) is 0 Å². The molecule has 1 amide bonds. The Balaban J connectivity index is 2.45. The lowest BCUT2D eigenvalue weighted by molar-refractivity contribution is 0.126. The van der Waals surface area contributed by atoms with Gasteiger partial charge in [0, 0.05) is 13.1 Å². The molecule has 0 heterocycles. The number of carbonyl (C=O) groups excluding carboxylic acids is 1. The van der Waals surface area contributed by atoms with Crippen molar-refractivity contribution < 1.29 is 9.53 Å². The number of hydrogen-bond donors (Lipinski definition) is 0. The predicted molar refractivity (Wildman–Crippen MR) is 42.4 cm³/mol. The fourth-order valence-electron chi connectivity index (χ4n) is 1.37. The second kappa shape index (κ2) is 2.40. The Morgan fingerprint density at radius 2 is 2.09 bits per heavy atom. The first-order chi connectivity index (χ1) is 4.99. The molecule has 0 aromatic carbocycles. The number of ether oxygens (including phenoxy) is 1. The maximum absolute atomic E-state index is 11.0. The summed E-state index contributed by atoms with van der Waals surface area (Å²) in [6, 6.07) is 0.370. The minimum atomic E-state index is -0.236. The van der Waals surface area contributed by atoms with Crippen molar-refractivity contribution in [3.05, 3.63) is 0 Å². The summed E-state index contributed by atoms with van der Waals surface area (Å²) in [5, 5.41) is 0. The zero-order chi connectivity index (χ0) is 8.65. The molecule has 3 heteroatoms. The maximum atomic E-state index is 11.0. The molecular formula is C8H15NO2. The van der Waals surface area contributed by atoms with E-state index in [1.54, 1.807) is 11.9 Å². The van der Waals surface area contributed by atoms with E-state index in [4.69, 9.17) is 0 Å². The Kier molecular flexibility index (Phi) is 1.82.